The van der Waals surface area contributed by atoms with Gasteiger partial charge in [-0.05, 0) is 46.9 Å². The average Bonchev–Trinajstić information content (AvgIpc) is 2.80. The summed E-state index contributed by atoms with van der Waals surface area (Å²) in [5, 5.41) is 2.00. The quantitative estimate of drug-likeness (QED) is 0.582. The van der Waals surface area contributed by atoms with Crippen LogP contribution in [0.5, 0.6) is 0 Å². The molecular weight excluding hydrogens is 266 g/mol. The molecule has 2 heteroatoms. The number of hydrogen-bond acceptors (Lipinski definition) is 0. The second-order valence-corrected chi connectivity index (χ2v) is 6.68. The minimum Gasteiger partial charge on any atom is -0.355 e. The fourth-order valence-electron chi connectivity index (χ4n) is 2.41. The smallest absolute Gasteiger partial charge is 0.0465 e. The number of halogens is 1. The van der Waals surface area contributed by atoms with Gasteiger partial charge in [0.2, 0.25) is 0 Å². The van der Waals surface area contributed by atoms with E-state index in [1.165, 1.54) is 10.9 Å². The third kappa shape index (κ3) is 2.46. The third-order valence-corrected chi connectivity index (χ3v) is 3.86. The van der Waals surface area contributed by atoms with Gasteiger partial charge >= 0.3 is 0 Å². The van der Waals surface area contributed by atoms with Crippen LogP contribution in [0.4, 0.5) is 0 Å². The molecule has 1 nitrogen and oxygen atoms in total. The summed E-state index contributed by atoms with van der Waals surface area (Å²) in [6.45, 7) is 6.70. The van der Waals surface area contributed by atoms with E-state index < -0.39 is 0 Å². The van der Waals surface area contributed by atoms with Gasteiger partial charge in [0.05, 0.1) is 0 Å². The Kier molecular flexibility index (Phi) is 3.10. The maximum Gasteiger partial charge on any atom is 0.0465 e. The van der Waals surface area contributed by atoms with E-state index in [1.807, 2.05) is 18.2 Å². The van der Waals surface area contributed by atoms with Gasteiger partial charge in [0.25, 0.3) is 0 Å². The van der Waals surface area contributed by atoms with Gasteiger partial charge in [-0.1, -0.05) is 50.6 Å². The topological polar surface area (TPSA) is 15.8 Å². The Balaban J connectivity index is 2.11. The number of aromatic nitrogens is 1. The highest BCUT2D eigenvalue weighted by atomic mass is 35.5. The van der Waals surface area contributed by atoms with Crippen molar-refractivity contribution in [2.75, 3.05) is 0 Å². The molecule has 0 saturated heterocycles. The molecule has 0 unspecified atom stereocenters. The molecule has 102 valence electrons. The monoisotopic (exact) mass is 283 g/mol. The van der Waals surface area contributed by atoms with E-state index in [4.69, 9.17) is 11.6 Å². The summed E-state index contributed by atoms with van der Waals surface area (Å²) in [5.41, 5.74) is 4.90. The zero-order chi connectivity index (χ0) is 14.3. The van der Waals surface area contributed by atoms with Crippen LogP contribution in [-0.4, -0.2) is 4.98 Å². The van der Waals surface area contributed by atoms with Crippen LogP contribution in [0, 0.1) is 0 Å². The lowest BCUT2D eigenvalue weighted by molar-refractivity contribution is 0.591. The summed E-state index contributed by atoms with van der Waals surface area (Å²) >= 11 is 6.06. The van der Waals surface area contributed by atoms with Gasteiger partial charge in [-0.3, -0.25) is 0 Å². The van der Waals surface area contributed by atoms with Crippen LogP contribution in [0.3, 0.4) is 0 Å². The molecule has 1 aromatic heterocycles. The molecule has 0 saturated carbocycles. The molecule has 0 radical (unpaired) electrons. The summed E-state index contributed by atoms with van der Waals surface area (Å²) < 4.78 is 0. The van der Waals surface area contributed by atoms with Crippen molar-refractivity contribution in [3.05, 3.63) is 59.1 Å². The second-order valence-electron chi connectivity index (χ2n) is 6.25. The Hall–Kier alpha value is -1.73. The fourth-order valence-corrected chi connectivity index (χ4v) is 2.60. The largest absolute Gasteiger partial charge is 0.355 e. The van der Waals surface area contributed by atoms with Gasteiger partial charge in [-0.2, -0.15) is 0 Å². The molecule has 0 spiro atoms. The third-order valence-electron chi connectivity index (χ3n) is 3.62. The van der Waals surface area contributed by atoms with E-state index in [9.17, 15) is 0 Å². The SMILES string of the molecule is CC(C)(C)c1ccc2[nH]c(-c3cccc(Cl)c3)cc2c1. The zero-order valence-corrected chi connectivity index (χ0v) is 12.8. The second kappa shape index (κ2) is 4.68. The van der Waals surface area contributed by atoms with Gasteiger partial charge in [0, 0.05) is 21.6 Å². The molecule has 0 amide bonds. The Morgan fingerprint density at radius 1 is 0.950 bits per heavy atom. The number of hydrogen-bond donors (Lipinski definition) is 1. The lowest BCUT2D eigenvalue weighted by Gasteiger charge is -2.18. The van der Waals surface area contributed by atoms with Crippen LogP contribution in [-0.2, 0) is 5.41 Å². The van der Waals surface area contributed by atoms with Crippen molar-refractivity contribution >= 4 is 22.5 Å². The van der Waals surface area contributed by atoms with E-state index in [-0.39, 0.29) is 5.41 Å². The van der Waals surface area contributed by atoms with Crippen molar-refractivity contribution < 1.29 is 0 Å². The number of benzene rings is 2. The van der Waals surface area contributed by atoms with Crippen molar-refractivity contribution in [3.63, 3.8) is 0 Å². The van der Waals surface area contributed by atoms with Crippen LogP contribution in [0.2, 0.25) is 5.02 Å². The van der Waals surface area contributed by atoms with E-state index >= 15 is 0 Å². The maximum absolute atomic E-state index is 6.06. The van der Waals surface area contributed by atoms with Crippen LogP contribution < -0.4 is 0 Å². The molecule has 3 aromatic rings. The highest BCUT2D eigenvalue weighted by molar-refractivity contribution is 6.30. The van der Waals surface area contributed by atoms with Crippen LogP contribution >= 0.6 is 11.6 Å². The first kappa shape index (κ1) is 13.3. The van der Waals surface area contributed by atoms with Crippen molar-refractivity contribution in [3.8, 4) is 11.3 Å². The standard InChI is InChI=1S/C18H18ClN/c1-18(2,3)14-7-8-16-13(9-14)11-17(20-16)12-5-4-6-15(19)10-12/h4-11,20H,1-3H3. The van der Waals surface area contributed by atoms with Gasteiger partial charge in [0.15, 0.2) is 0 Å². The molecule has 2 aromatic carbocycles. The van der Waals surface area contributed by atoms with E-state index in [0.29, 0.717) is 0 Å². The molecule has 0 aliphatic rings. The van der Waals surface area contributed by atoms with E-state index in [1.54, 1.807) is 0 Å². The van der Waals surface area contributed by atoms with Gasteiger partial charge in [-0.15, -0.1) is 0 Å². The predicted molar refractivity (Wildman–Crippen MR) is 87.4 cm³/mol. The van der Waals surface area contributed by atoms with Crippen molar-refractivity contribution in [2.24, 2.45) is 0 Å². The molecule has 3 rings (SSSR count). The molecule has 0 aliphatic carbocycles. The molecule has 0 bridgehead atoms. The Bertz CT molecular complexity index is 762. The molecule has 1 N–H and O–H groups in total. The summed E-state index contributed by atoms with van der Waals surface area (Å²) in [6, 6.07) is 16.7. The summed E-state index contributed by atoms with van der Waals surface area (Å²) in [4.78, 5) is 3.46. The van der Waals surface area contributed by atoms with Gasteiger partial charge in [-0.25, -0.2) is 0 Å². The molecule has 0 atom stereocenters. The number of aromatic amines is 1. The van der Waals surface area contributed by atoms with Gasteiger partial charge < -0.3 is 4.98 Å². The molecular formula is C18H18ClN. The zero-order valence-electron chi connectivity index (χ0n) is 12.0. The Labute approximate surface area is 124 Å². The fraction of sp³-hybridized carbons (Fsp3) is 0.222. The van der Waals surface area contributed by atoms with Gasteiger partial charge in [0.1, 0.15) is 0 Å². The highest BCUT2D eigenvalue weighted by Gasteiger charge is 2.14. The molecule has 0 aliphatic heterocycles. The van der Waals surface area contributed by atoms with E-state index in [2.05, 4.69) is 56.1 Å². The minimum atomic E-state index is 0.168. The summed E-state index contributed by atoms with van der Waals surface area (Å²) in [7, 11) is 0. The van der Waals surface area contributed by atoms with Crippen molar-refractivity contribution in [1.82, 2.24) is 4.98 Å². The van der Waals surface area contributed by atoms with Crippen LogP contribution in [0.15, 0.2) is 48.5 Å². The highest BCUT2D eigenvalue weighted by Crippen LogP contribution is 2.30. The maximum atomic E-state index is 6.06. The molecule has 1 heterocycles. The number of nitrogens with one attached hydrogen (secondary N) is 1. The lowest BCUT2D eigenvalue weighted by atomic mass is 9.86. The molecule has 20 heavy (non-hydrogen) atoms. The first-order valence-corrected chi connectivity index (χ1v) is 7.20. The first-order chi connectivity index (χ1) is 9.43. The van der Waals surface area contributed by atoms with E-state index in [0.717, 1.165) is 21.8 Å². The normalized spacial score (nSPS) is 12.0. The number of H-pyrrole nitrogens is 1. The van der Waals surface area contributed by atoms with Crippen LogP contribution in [0.1, 0.15) is 26.3 Å². The minimum absolute atomic E-state index is 0.168. The number of fused-ring (bicyclic) bond motifs is 1. The first-order valence-electron chi connectivity index (χ1n) is 6.83. The van der Waals surface area contributed by atoms with Crippen molar-refractivity contribution in [1.29, 1.82) is 0 Å². The lowest BCUT2D eigenvalue weighted by Crippen LogP contribution is -2.10. The molecule has 0 fully saturated rings. The Morgan fingerprint density at radius 2 is 1.75 bits per heavy atom. The summed E-state index contributed by atoms with van der Waals surface area (Å²) in [6.07, 6.45) is 0. The van der Waals surface area contributed by atoms with Crippen LogP contribution in [0.25, 0.3) is 22.2 Å². The average molecular weight is 284 g/mol. The Morgan fingerprint density at radius 3 is 2.45 bits per heavy atom. The predicted octanol–water partition coefficient (Wildman–Crippen LogP) is 5.79. The number of rotatable bonds is 1. The van der Waals surface area contributed by atoms with Crippen molar-refractivity contribution in [2.45, 2.75) is 26.2 Å². The summed E-state index contributed by atoms with van der Waals surface area (Å²) in [5.74, 6) is 0.